The molecule has 0 fully saturated rings. The van der Waals surface area contributed by atoms with E-state index in [0.29, 0.717) is 23.8 Å². The maximum atomic E-state index is 12.3. The number of ether oxygens (including phenoxy) is 1. The number of fused-ring (bicyclic) bond motifs is 1. The summed E-state index contributed by atoms with van der Waals surface area (Å²) < 4.78 is 6.95. The van der Waals surface area contributed by atoms with Crippen LogP contribution in [-0.4, -0.2) is 29.3 Å². The Labute approximate surface area is 162 Å². The van der Waals surface area contributed by atoms with E-state index in [0.717, 1.165) is 22.6 Å². The molecule has 0 saturated heterocycles. The van der Waals surface area contributed by atoms with Crippen LogP contribution in [0.25, 0.3) is 11.3 Å². The van der Waals surface area contributed by atoms with E-state index in [4.69, 9.17) is 16.3 Å². The topological polar surface area (TPSA) is 68.2 Å². The fourth-order valence-electron chi connectivity index (χ4n) is 3.07. The molecule has 2 N–H and O–H groups in total. The van der Waals surface area contributed by atoms with Crippen LogP contribution in [0.5, 0.6) is 5.75 Å². The van der Waals surface area contributed by atoms with Crippen molar-refractivity contribution in [3.05, 3.63) is 70.9 Å². The third-order valence-corrected chi connectivity index (χ3v) is 4.81. The highest BCUT2D eigenvalue weighted by atomic mass is 35.5. The summed E-state index contributed by atoms with van der Waals surface area (Å²) in [7, 11) is 1.63. The molecule has 1 aliphatic heterocycles. The molecule has 2 heterocycles. The van der Waals surface area contributed by atoms with Crippen molar-refractivity contribution >= 4 is 17.5 Å². The van der Waals surface area contributed by atoms with Gasteiger partial charge in [-0.2, -0.15) is 5.10 Å². The second-order valence-electron chi connectivity index (χ2n) is 6.32. The number of carbonyl (C=O) groups is 1. The number of hydrogen-bond donors (Lipinski definition) is 2. The Bertz CT molecular complexity index is 951. The standard InChI is InChI=1S/C20H19ClN4O2/c1-27-16-8-4-14(5-9-16)17-10-18-20(26)23-12-19(25(18)24-17)22-11-13-2-6-15(21)7-3-13/h2-10,19,22H,11-12H2,1H3,(H,23,26)/t19-/m0/s1. The van der Waals surface area contributed by atoms with Crippen LogP contribution in [0.4, 0.5) is 0 Å². The van der Waals surface area contributed by atoms with Crippen LogP contribution in [0.1, 0.15) is 22.2 Å². The number of amides is 1. The summed E-state index contributed by atoms with van der Waals surface area (Å²) in [6, 6.07) is 17.1. The quantitative estimate of drug-likeness (QED) is 0.710. The summed E-state index contributed by atoms with van der Waals surface area (Å²) in [5, 5.41) is 11.7. The number of nitrogens with zero attached hydrogens (tertiary/aromatic N) is 2. The molecule has 1 atom stereocenters. The molecule has 3 aromatic rings. The lowest BCUT2D eigenvalue weighted by Crippen LogP contribution is -2.45. The van der Waals surface area contributed by atoms with E-state index >= 15 is 0 Å². The summed E-state index contributed by atoms with van der Waals surface area (Å²) in [5.74, 6) is 0.662. The van der Waals surface area contributed by atoms with Gasteiger partial charge in [-0.3, -0.25) is 10.1 Å². The first-order chi connectivity index (χ1) is 13.1. The normalized spacial score (nSPS) is 15.9. The van der Waals surface area contributed by atoms with Crippen LogP contribution in [0.3, 0.4) is 0 Å². The number of aromatic nitrogens is 2. The van der Waals surface area contributed by atoms with Crippen LogP contribution in [-0.2, 0) is 6.54 Å². The van der Waals surface area contributed by atoms with Gasteiger partial charge in [0.1, 0.15) is 17.6 Å². The van der Waals surface area contributed by atoms with Gasteiger partial charge in [0.15, 0.2) is 0 Å². The average Bonchev–Trinajstić information content (AvgIpc) is 3.15. The van der Waals surface area contributed by atoms with Crippen LogP contribution in [0.15, 0.2) is 54.6 Å². The molecule has 1 aromatic heterocycles. The number of hydrogen-bond acceptors (Lipinski definition) is 4. The highest BCUT2D eigenvalue weighted by Gasteiger charge is 2.27. The van der Waals surface area contributed by atoms with E-state index in [9.17, 15) is 4.79 Å². The van der Waals surface area contributed by atoms with Crippen molar-refractivity contribution in [3.63, 3.8) is 0 Å². The Balaban J connectivity index is 1.56. The van der Waals surface area contributed by atoms with Gasteiger partial charge in [-0.1, -0.05) is 23.7 Å². The first kappa shape index (κ1) is 17.6. The van der Waals surface area contributed by atoms with Crippen molar-refractivity contribution in [1.82, 2.24) is 20.4 Å². The first-order valence-corrected chi connectivity index (χ1v) is 9.02. The molecule has 6 nitrogen and oxygen atoms in total. The third-order valence-electron chi connectivity index (χ3n) is 4.56. The van der Waals surface area contributed by atoms with E-state index in [1.54, 1.807) is 11.8 Å². The molecule has 1 aliphatic rings. The van der Waals surface area contributed by atoms with Crippen LogP contribution >= 0.6 is 11.6 Å². The Hall–Kier alpha value is -2.83. The largest absolute Gasteiger partial charge is 0.497 e. The fourth-order valence-corrected chi connectivity index (χ4v) is 3.19. The number of nitrogens with one attached hydrogen (secondary N) is 2. The Morgan fingerprint density at radius 2 is 1.96 bits per heavy atom. The van der Waals surface area contributed by atoms with Gasteiger partial charge in [0.05, 0.1) is 19.3 Å². The molecule has 0 unspecified atom stereocenters. The molecule has 4 rings (SSSR count). The number of rotatable bonds is 5. The summed E-state index contributed by atoms with van der Waals surface area (Å²) in [6.45, 7) is 1.12. The van der Waals surface area contributed by atoms with Crippen molar-refractivity contribution in [2.24, 2.45) is 0 Å². The minimum atomic E-state index is -0.125. The van der Waals surface area contributed by atoms with E-state index < -0.39 is 0 Å². The molecule has 27 heavy (non-hydrogen) atoms. The van der Waals surface area contributed by atoms with Gasteiger partial charge in [0, 0.05) is 17.1 Å². The van der Waals surface area contributed by atoms with Crippen molar-refractivity contribution in [1.29, 1.82) is 0 Å². The van der Waals surface area contributed by atoms with E-state index in [-0.39, 0.29) is 12.1 Å². The highest BCUT2D eigenvalue weighted by Crippen LogP contribution is 2.25. The SMILES string of the molecule is COc1ccc(-c2cc3n(n2)[C@H](NCc2ccc(Cl)cc2)CNC3=O)cc1. The Kier molecular flexibility index (Phi) is 4.83. The summed E-state index contributed by atoms with van der Waals surface area (Å²) in [4.78, 5) is 12.3. The number of benzene rings is 2. The first-order valence-electron chi connectivity index (χ1n) is 8.64. The molecule has 0 radical (unpaired) electrons. The predicted octanol–water partition coefficient (Wildman–Crippen LogP) is 3.24. The molecule has 7 heteroatoms. The minimum absolute atomic E-state index is 0.119. The van der Waals surface area contributed by atoms with Crippen LogP contribution in [0, 0.1) is 0 Å². The molecule has 2 aromatic carbocycles. The molecule has 0 spiro atoms. The van der Waals surface area contributed by atoms with Gasteiger partial charge in [-0.25, -0.2) is 4.68 Å². The van der Waals surface area contributed by atoms with Crippen molar-refractivity contribution in [2.45, 2.75) is 12.7 Å². The maximum absolute atomic E-state index is 12.3. The number of methoxy groups -OCH3 is 1. The summed E-state index contributed by atoms with van der Waals surface area (Å²) in [6.07, 6.45) is -0.125. The van der Waals surface area contributed by atoms with Gasteiger partial charge >= 0.3 is 0 Å². The highest BCUT2D eigenvalue weighted by molar-refractivity contribution is 6.30. The Morgan fingerprint density at radius 3 is 2.67 bits per heavy atom. The fraction of sp³-hybridized carbons (Fsp3) is 0.200. The van der Waals surface area contributed by atoms with Crippen molar-refractivity contribution < 1.29 is 9.53 Å². The van der Waals surface area contributed by atoms with E-state index in [1.165, 1.54) is 0 Å². The van der Waals surface area contributed by atoms with Crippen molar-refractivity contribution in [3.8, 4) is 17.0 Å². The van der Waals surface area contributed by atoms with Gasteiger partial charge < -0.3 is 10.1 Å². The Morgan fingerprint density at radius 1 is 1.22 bits per heavy atom. The third kappa shape index (κ3) is 3.67. The molecule has 0 saturated carbocycles. The zero-order valence-electron chi connectivity index (χ0n) is 14.8. The van der Waals surface area contributed by atoms with Gasteiger partial charge in [0.25, 0.3) is 5.91 Å². The zero-order chi connectivity index (χ0) is 18.8. The lowest BCUT2D eigenvalue weighted by molar-refractivity contribution is 0.0900. The van der Waals surface area contributed by atoms with Crippen molar-refractivity contribution in [2.75, 3.05) is 13.7 Å². The molecule has 138 valence electrons. The maximum Gasteiger partial charge on any atom is 0.269 e. The minimum Gasteiger partial charge on any atom is -0.497 e. The van der Waals surface area contributed by atoms with Crippen LogP contribution in [0.2, 0.25) is 5.02 Å². The lowest BCUT2D eigenvalue weighted by Gasteiger charge is -2.25. The molecule has 0 aliphatic carbocycles. The summed E-state index contributed by atoms with van der Waals surface area (Å²) in [5.41, 5.74) is 3.34. The second kappa shape index (κ2) is 7.42. The van der Waals surface area contributed by atoms with Crippen LogP contribution < -0.4 is 15.4 Å². The van der Waals surface area contributed by atoms with E-state index in [1.807, 2.05) is 54.6 Å². The molecule has 0 bridgehead atoms. The predicted molar refractivity (Wildman–Crippen MR) is 104 cm³/mol. The smallest absolute Gasteiger partial charge is 0.269 e. The number of halogens is 1. The van der Waals surface area contributed by atoms with E-state index in [2.05, 4.69) is 15.7 Å². The molecular formula is C20H19ClN4O2. The lowest BCUT2D eigenvalue weighted by atomic mass is 10.1. The summed E-state index contributed by atoms with van der Waals surface area (Å²) >= 11 is 5.93. The van der Waals surface area contributed by atoms with Gasteiger partial charge in [-0.15, -0.1) is 0 Å². The zero-order valence-corrected chi connectivity index (χ0v) is 15.5. The number of carbonyl (C=O) groups excluding carboxylic acids is 1. The van der Waals surface area contributed by atoms with Gasteiger partial charge in [-0.05, 0) is 48.0 Å². The molecule has 1 amide bonds. The second-order valence-corrected chi connectivity index (χ2v) is 6.76. The molecular weight excluding hydrogens is 364 g/mol. The average molecular weight is 383 g/mol. The monoisotopic (exact) mass is 382 g/mol. The van der Waals surface area contributed by atoms with Gasteiger partial charge in [0.2, 0.25) is 0 Å².